The highest BCUT2D eigenvalue weighted by Crippen LogP contribution is 2.25. The van der Waals surface area contributed by atoms with Crippen LogP contribution in [-0.4, -0.2) is 22.8 Å². The van der Waals surface area contributed by atoms with Gasteiger partial charge in [-0.25, -0.2) is 4.79 Å². The number of benzene rings is 1. The molecule has 0 aliphatic heterocycles. The molecule has 0 unspecified atom stereocenters. The minimum atomic E-state index is -0.276. The largest absolute Gasteiger partial charge is 0.462 e. The summed E-state index contributed by atoms with van der Waals surface area (Å²) in [5, 5.41) is 9.00. The smallest absolute Gasteiger partial charge is 0.338 e. The lowest BCUT2D eigenvalue weighted by Gasteiger charge is -2.03. The van der Waals surface area contributed by atoms with Crippen molar-refractivity contribution in [3.8, 4) is 0 Å². The Morgan fingerprint density at radius 2 is 2.05 bits per heavy atom. The molecule has 0 radical (unpaired) electrons. The van der Waals surface area contributed by atoms with Crippen LogP contribution in [0.1, 0.15) is 27.9 Å². The second-order valence-corrected chi connectivity index (χ2v) is 6.20. The number of carbonyl (C=O) groups is 1. The molecule has 2 aromatic rings. The Balaban J connectivity index is 1.93. The minimum absolute atomic E-state index is 0.276. The standard InChI is InChI=1S/C13H14N2O2S2/c1-3-17-12(16)11-6-4-10(5-7-11)8-18-13-15-14-9(2)19-13/h4-7H,3,8H2,1-2H3. The van der Waals surface area contributed by atoms with Crippen LogP contribution in [0.5, 0.6) is 0 Å². The van der Waals surface area contributed by atoms with Gasteiger partial charge in [0, 0.05) is 5.75 Å². The Morgan fingerprint density at radius 1 is 1.32 bits per heavy atom. The fourth-order valence-electron chi connectivity index (χ4n) is 1.43. The van der Waals surface area contributed by atoms with Gasteiger partial charge in [0.2, 0.25) is 0 Å². The number of aromatic nitrogens is 2. The molecule has 1 aromatic heterocycles. The van der Waals surface area contributed by atoms with Gasteiger partial charge in [0.15, 0.2) is 4.34 Å². The molecule has 0 aliphatic rings. The number of thioether (sulfide) groups is 1. The average Bonchev–Trinajstić information content (AvgIpc) is 2.83. The first-order valence-corrected chi connectivity index (χ1v) is 7.68. The summed E-state index contributed by atoms with van der Waals surface area (Å²) in [6.07, 6.45) is 0. The lowest BCUT2D eigenvalue weighted by Crippen LogP contribution is -2.04. The molecule has 1 aromatic carbocycles. The van der Waals surface area contributed by atoms with E-state index in [4.69, 9.17) is 4.74 Å². The van der Waals surface area contributed by atoms with Crippen molar-refractivity contribution in [2.75, 3.05) is 6.61 Å². The van der Waals surface area contributed by atoms with Crippen LogP contribution in [0, 0.1) is 6.92 Å². The monoisotopic (exact) mass is 294 g/mol. The third-order valence-electron chi connectivity index (χ3n) is 2.33. The van der Waals surface area contributed by atoms with Crippen molar-refractivity contribution in [1.29, 1.82) is 0 Å². The van der Waals surface area contributed by atoms with Crippen LogP contribution in [0.2, 0.25) is 0 Å². The molecule has 6 heteroatoms. The molecule has 0 fully saturated rings. The maximum Gasteiger partial charge on any atom is 0.338 e. The highest BCUT2D eigenvalue weighted by Gasteiger charge is 2.06. The van der Waals surface area contributed by atoms with Crippen molar-refractivity contribution >= 4 is 29.1 Å². The third-order valence-corrected chi connectivity index (χ3v) is 4.38. The number of carbonyl (C=O) groups excluding carboxylic acids is 1. The summed E-state index contributed by atoms with van der Waals surface area (Å²) < 4.78 is 5.90. The van der Waals surface area contributed by atoms with Gasteiger partial charge in [-0.15, -0.1) is 10.2 Å². The molecule has 1 heterocycles. The van der Waals surface area contributed by atoms with E-state index in [2.05, 4.69) is 10.2 Å². The Bertz CT molecular complexity index is 552. The van der Waals surface area contributed by atoms with E-state index in [1.165, 1.54) is 0 Å². The number of hydrogen-bond donors (Lipinski definition) is 0. The summed E-state index contributed by atoms with van der Waals surface area (Å²) in [4.78, 5) is 11.5. The van der Waals surface area contributed by atoms with E-state index in [0.29, 0.717) is 12.2 Å². The van der Waals surface area contributed by atoms with Gasteiger partial charge in [-0.3, -0.25) is 0 Å². The lowest BCUT2D eigenvalue weighted by molar-refractivity contribution is 0.0526. The van der Waals surface area contributed by atoms with Gasteiger partial charge in [-0.1, -0.05) is 35.2 Å². The molecule has 0 bridgehead atoms. The maximum absolute atomic E-state index is 11.5. The number of aryl methyl sites for hydroxylation is 1. The number of ether oxygens (including phenoxy) is 1. The van der Waals surface area contributed by atoms with E-state index < -0.39 is 0 Å². The van der Waals surface area contributed by atoms with E-state index in [9.17, 15) is 4.79 Å². The van der Waals surface area contributed by atoms with Crippen LogP contribution >= 0.6 is 23.1 Å². The van der Waals surface area contributed by atoms with Gasteiger partial charge in [-0.2, -0.15) is 0 Å². The third kappa shape index (κ3) is 4.04. The normalized spacial score (nSPS) is 10.4. The highest BCUT2D eigenvalue weighted by atomic mass is 32.2. The summed E-state index contributed by atoms with van der Waals surface area (Å²) >= 11 is 3.24. The van der Waals surface area contributed by atoms with Crippen molar-refractivity contribution < 1.29 is 9.53 Å². The van der Waals surface area contributed by atoms with E-state index >= 15 is 0 Å². The van der Waals surface area contributed by atoms with Gasteiger partial charge in [0.1, 0.15) is 5.01 Å². The van der Waals surface area contributed by atoms with Crippen molar-refractivity contribution in [3.63, 3.8) is 0 Å². The number of esters is 1. The van der Waals surface area contributed by atoms with E-state index in [0.717, 1.165) is 20.7 Å². The average molecular weight is 294 g/mol. The molecule has 0 spiro atoms. The van der Waals surface area contributed by atoms with Crippen LogP contribution in [-0.2, 0) is 10.5 Å². The molecule has 2 rings (SSSR count). The van der Waals surface area contributed by atoms with E-state index in [-0.39, 0.29) is 5.97 Å². The van der Waals surface area contributed by atoms with Crippen LogP contribution in [0.25, 0.3) is 0 Å². The summed E-state index contributed by atoms with van der Waals surface area (Å²) in [5.41, 5.74) is 1.73. The van der Waals surface area contributed by atoms with E-state index in [1.54, 1.807) is 42.2 Å². The Hall–Kier alpha value is -1.40. The molecule has 0 atom stereocenters. The van der Waals surface area contributed by atoms with Gasteiger partial charge >= 0.3 is 5.97 Å². The molecule has 4 nitrogen and oxygen atoms in total. The van der Waals surface area contributed by atoms with Crippen molar-refractivity contribution in [2.45, 2.75) is 23.9 Å². The Morgan fingerprint density at radius 3 is 2.63 bits per heavy atom. The first-order chi connectivity index (χ1) is 9.19. The zero-order chi connectivity index (χ0) is 13.7. The van der Waals surface area contributed by atoms with Gasteiger partial charge < -0.3 is 4.74 Å². The van der Waals surface area contributed by atoms with Crippen molar-refractivity contribution in [1.82, 2.24) is 10.2 Å². The zero-order valence-corrected chi connectivity index (χ0v) is 12.4. The number of rotatable bonds is 5. The molecule has 0 amide bonds. The second kappa shape index (κ2) is 6.68. The second-order valence-electron chi connectivity index (χ2n) is 3.79. The summed E-state index contributed by atoms with van der Waals surface area (Å²) in [5.74, 6) is 0.541. The quantitative estimate of drug-likeness (QED) is 0.625. The first kappa shape index (κ1) is 14.0. The van der Waals surface area contributed by atoms with Gasteiger partial charge in [-0.05, 0) is 31.5 Å². The Labute approximate surface area is 120 Å². The maximum atomic E-state index is 11.5. The Kier molecular flexibility index (Phi) is 4.93. The fourth-order valence-corrected chi connectivity index (χ4v) is 3.20. The molecule has 0 aliphatic carbocycles. The highest BCUT2D eigenvalue weighted by molar-refractivity contribution is 8.00. The molecular weight excluding hydrogens is 280 g/mol. The van der Waals surface area contributed by atoms with Gasteiger partial charge in [0.05, 0.1) is 12.2 Å². The number of nitrogens with zero attached hydrogens (tertiary/aromatic N) is 2. The molecular formula is C13H14N2O2S2. The molecule has 0 N–H and O–H groups in total. The predicted molar refractivity (Wildman–Crippen MR) is 76.6 cm³/mol. The summed E-state index contributed by atoms with van der Waals surface area (Å²) in [7, 11) is 0. The van der Waals surface area contributed by atoms with Crippen LogP contribution in [0.4, 0.5) is 0 Å². The van der Waals surface area contributed by atoms with Crippen molar-refractivity contribution in [3.05, 3.63) is 40.4 Å². The molecule has 19 heavy (non-hydrogen) atoms. The fraction of sp³-hybridized carbons (Fsp3) is 0.308. The molecule has 0 saturated heterocycles. The van der Waals surface area contributed by atoms with Crippen LogP contribution < -0.4 is 0 Å². The van der Waals surface area contributed by atoms with Crippen LogP contribution in [0.15, 0.2) is 28.6 Å². The number of hydrogen-bond acceptors (Lipinski definition) is 6. The SMILES string of the molecule is CCOC(=O)c1ccc(CSc2nnc(C)s2)cc1. The topological polar surface area (TPSA) is 52.1 Å². The predicted octanol–water partition coefficient (Wildman–Crippen LogP) is 3.32. The first-order valence-electron chi connectivity index (χ1n) is 5.88. The van der Waals surface area contributed by atoms with Crippen molar-refractivity contribution in [2.24, 2.45) is 0 Å². The zero-order valence-electron chi connectivity index (χ0n) is 10.8. The molecule has 0 saturated carbocycles. The summed E-state index contributed by atoms with van der Waals surface area (Å²) in [6.45, 7) is 4.13. The van der Waals surface area contributed by atoms with Gasteiger partial charge in [0.25, 0.3) is 0 Å². The minimum Gasteiger partial charge on any atom is -0.462 e. The molecule has 100 valence electrons. The summed E-state index contributed by atoms with van der Waals surface area (Å²) in [6, 6.07) is 7.46. The van der Waals surface area contributed by atoms with E-state index in [1.807, 2.05) is 19.1 Å². The lowest BCUT2D eigenvalue weighted by atomic mass is 10.1. The van der Waals surface area contributed by atoms with Crippen LogP contribution in [0.3, 0.4) is 0 Å².